The Balaban J connectivity index is 2.51. The molecule has 0 saturated heterocycles. The second-order valence-corrected chi connectivity index (χ2v) is 4.94. The minimum absolute atomic E-state index is 0.0985. The van der Waals surface area contributed by atoms with Crippen LogP contribution in [0.25, 0.3) is 11.3 Å². The van der Waals surface area contributed by atoms with Gasteiger partial charge in [-0.25, -0.2) is 4.79 Å². The van der Waals surface area contributed by atoms with Crippen LogP contribution in [0.4, 0.5) is 0 Å². The van der Waals surface area contributed by atoms with Gasteiger partial charge in [-0.1, -0.05) is 5.16 Å². The monoisotopic (exact) mass is 290 g/mol. The van der Waals surface area contributed by atoms with Gasteiger partial charge in [0.2, 0.25) is 0 Å². The van der Waals surface area contributed by atoms with E-state index in [-0.39, 0.29) is 11.6 Å². The predicted molar refractivity (Wildman–Crippen MR) is 77.6 cm³/mol. The van der Waals surface area contributed by atoms with Crippen molar-refractivity contribution in [3.8, 4) is 17.0 Å². The lowest BCUT2D eigenvalue weighted by Gasteiger charge is -2.17. The largest absolute Gasteiger partial charge is 0.497 e. The van der Waals surface area contributed by atoms with Crippen LogP contribution in [0.5, 0.6) is 5.75 Å². The number of carboxylic acid groups (broad SMARTS) is 1. The molecule has 1 N–H and O–H groups in total. The molecule has 1 atom stereocenters. The lowest BCUT2D eigenvalue weighted by molar-refractivity contribution is 0.0692. The average molecular weight is 290 g/mol. The third kappa shape index (κ3) is 2.90. The number of hydrogen-bond donors (Lipinski definition) is 1. The zero-order valence-corrected chi connectivity index (χ0v) is 12.5. The summed E-state index contributed by atoms with van der Waals surface area (Å²) >= 11 is 0. The SMILES string of the molecule is COc1ccc(-c2noc([C@@H](C)N(C)C)c2C(=O)O)cc1. The first-order chi connectivity index (χ1) is 9.95. The molecule has 0 aliphatic carbocycles. The van der Waals surface area contributed by atoms with Gasteiger partial charge in [-0.3, -0.25) is 4.90 Å². The fraction of sp³-hybridized carbons (Fsp3) is 0.333. The van der Waals surface area contributed by atoms with E-state index >= 15 is 0 Å². The molecule has 1 aromatic heterocycles. The van der Waals surface area contributed by atoms with Crippen molar-refractivity contribution in [1.82, 2.24) is 10.1 Å². The third-order valence-electron chi connectivity index (χ3n) is 3.45. The molecular weight excluding hydrogens is 272 g/mol. The van der Waals surface area contributed by atoms with Crippen molar-refractivity contribution in [2.45, 2.75) is 13.0 Å². The molecule has 2 rings (SSSR count). The molecule has 1 aromatic carbocycles. The second-order valence-electron chi connectivity index (χ2n) is 4.94. The number of aromatic carboxylic acids is 1. The summed E-state index contributed by atoms with van der Waals surface area (Å²) in [7, 11) is 5.28. The van der Waals surface area contributed by atoms with E-state index in [1.165, 1.54) is 0 Å². The number of aromatic nitrogens is 1. The Morgan fingerprint density at radius 3 is 2.43 bits per heavy atom. The Kier molecular flexibility index (Phi) is 4.28. The molecule has 0 amide bonds. The zero-order valence-electron chi connectivity index (χ0n) is 12.5. The lowest BCUT2D eigenvalue weighted by Crippen LogP contribution is -2.18. The summed E-state index contributed by atoms with van der Waals surface area (Å²) < 4.78 is 10.4. The van der Waals surface area contributed by atoms with E-state index in [0.717, 1.165) is 0 Å². The number of rotatable bonds is 5. The molecule has 112 valence electrons. The van der Waals surface area contributed by atoms with Crippen LogP contribution in [0.3, 0.4) is 0 Å². The van der Waals surface area contributed by atoms with E-state index in [1.807, 2.05) is 25.9 Å². The van der Waals surface area contributed by atoms with Crippen molar-refractivity contribution in [2.75, 3.05) is 21.2 Å². The number of methoxy groups -OCH3 is 1. The fourth-order valence-electron chi connectivity index (χ4n) is 1.98. The van der Waals surface area contributed by atoms with Gasteiger partial charge in [-0.15, -0.1) is 0 Å². The van der Waals surface area contributed by atoms with E-state index in [0.29, 0.717) is 22.8 Å². The Morgan fingerprint density at radius 1 is 1.33 bits per heavy atom. The number of carbonyl (C=O) groups is 1. The van der Waals surface area contributed by atoms with Crippen molar-refractivity contribution in [3.05, 3.63) is 35.6 Å². The first kappa shape index (κ1) is 15.1. The highest BCUT2D eigenvalue weighted by atomic mass is 16.5. The molecule has 0 aliphatic heterocycles. The van der Waals surface area contributed by atoms with Crippen LogP contribution in [0.2, 0.25) is 0 Å². The maximum absolute atomic E-state index is 11.6. The Labute approximate surface area is 122 Å². The molecule has 0 spiro atoms. The van der Waals surface area contributed by atoms with Crippen LogP contribution in [0.1, 0.15) is 29.1 Å². The van der Waals surface area contributed by atoms with Gasteiger partial charge >= 0.3 is 5.97 Å². The molecule has 0 unspecified atom stereocenters. The molecule has 6 nitrogen and oxygen atoms in total. The highest BCUT2D eigenvalue weighted by Gasteiger charge is 2.27. The first-order valence-electron chi connectivity index (χ1n) is 6.49. The number of carboxylic acids is 1. The van der Waals surface area contributed by atoms with Gasteiger partial charge in [-0.05, 0) is 45.3 Å². The predicted octanol–water partition coefficient (Wildman–Crippen LogP) is 2.67. The fourth-order valence-corrected chi connectivity index (χ4v) is 1.98. The third-order valence-corrected chi connectivity index (χ3v) is 3.45. The summed E-state index contributed by atoms with van der Waals surface area (Å²) in [6.07, 6.45) is 0. The van der Waals surface area contributed by atoms with Gasteiger partial charge in [0, 0.05) is 5.56 Å². The van der Waals surface area contributed by atoms with Crippen molar-refractivity contribution < 1.29 is 19.2 Å². The van der Waals surface area contributed by atoms with Gasteiger partial charge in [0.1, 0.15) is 17.0 Å². The van der Waals surface area contributed by atoms with Gasteiger partial charge in [-0.2, -0.15) is 0 Å². The minimum Gasteiger partial charge on any atom is -0.497 e. The van der Waals surface area contributed by atoms with Crippen molar-refractivity contribution in [2.24, 2.45) is 0 Å². The number of hydrogen-bond acceptors (Lipinski definition) is 5. The van der Waals surface area contributed by atoms with Crippen LogP contribution in [-0.4, -0.2) is 42.3 Å². The minimum atomic E-state index is -1.05. The molecule has 0 saturated carbocycles. The summed E-state index contributed by atoms with van der Waals surface area (Å²) in [4.78, 5) is 13.4. The molecule has 21 heavy (non-hydrogen) atoms. The van der Waals surface area contributed by atoms with E-state index < -0.39 is 5.97 Å². The van der Waals surface area contributed by atoms with Gasteiger partial charge < -0.3 is 14.4 Å². The standard InChI is InChI=1S/C15H18N2O4/c1-9(17(2)3)14-12(15(18)19)13(16-21-14)10-5-7-11(20-4)8-6-10/h5-9H,1-4H3,(H,18,19)/t9-/m1/s1. The van der Waals surface area contributed by atoms with Crippen LogP contribution in [-0.2, 0) is 0 Å². The molecule has 0 fully saturated rings. The van der Waals surface area contributed by atoms with Crippen LogP contribution in [0.15, 0.2) is 28.8 Å². The molecule has 0 radical (unpaired) electrons. The topological polar surface area (TPSA) is 75.8 Å². The van der Waals surface area contributed by atoms with Crippen molar-refractivity contribution >= 4 is 5.97 Å². The van der Waals surface area contributed by atoms with Crippen molar-refractivity contribution in [1.29, 1.82) is 0 Å². The van der Waals surface area contributed by atoms with E-state index in [1.54, 1.807) is 31.4 Å². The summed E-state index contributed by atoms with van der Waals surface area (Å²) in [5, 5.41) is 13.4. The smallest absolute Gasteiger partial charge is 0.341 e. The van der Waals surface area contributed by atoms with Crippen molar-refractivity contribution in [3.63, 3.8) is 0 Å². The summed E-state index contributed by atoms with van der Waals surface area (Å²) in [6.45, 7) is 1.87. The summed E-state index contributed by atoms with van der Waals surface area (Å²) in [5.74, 6) is -0.00918. The van der Waals surface area contributed by atoms with Crippen LogP contribution < -0.4 is 4.74 Å². The molecular formula is C15H18N2O4. The average Bonchev–Trinajstić information content (AvgIpc) is 2.91. The summed E-state index contributed by atoms with van der Waals surface area (Å²) in [5.41, 5.74) is 1.10. The van der Waals surface area contributed by atoms with E-state index in [4.69, 9.17) is 9.26 Å². The number of ether oxygens (including phenoxy) is 1. The number of nitrogens with zero attached hydrogens (tertiary/aromatic N) is 2. The molecule has 0 bridgehead atoms. The summed E-state index contributed by atoms with van der Waals surface area (Å²) in [6, 6.07) is 6.84. The molecule has 2 aromatic rings. The van der Waals surface area contributed by atoms with E-state index in [2.05, 4.69) is 5.16 Å². The Bertz CT molecular complexity index is 632. The normalized spacial score (nSPS) is 12.4. The number of benzene rings is 1. The van der Waals surface area contributed by atoms with Crippen LogP contribution >= 0.6 is 0 Å². The van der Waals surface area contributed by atoms with E-state index in [9.17, 15) is 9.90 Å². The quantitative estimate of drug-likeness (QED) is 0.912. The zero-order chi connectivity index (χ0) is 15.6. The maximum Gasteiger partial charge on any atom is 0.341 e. The lowest BCUT2D eigenvalue weighted by atomic mass is 10.0. The highest BCUT2D eigenvalue weighted by Crippen LogP contribution is 2.31. The Morgan fingerprint density at radius 2 is 1.95 bits per heavy atom. The Hall–Kier alpha value is -2.34. The molecule has 0 aliphatic rings. The molecule has 6 heteroatoms. The molecule has 1 heterocycles. The first-order valence-corrected chi connectivity index (χ1v) is 6.49. The highest BCUT2D eigenvalue weighted by molar-refractivity contribution is 5.96. The second kappa shape index (κ2) is 5.97. The van der Waals surface area contributed by atoms with Gasteiger partial charge in [0.15, 0.2) is 5.76 Å². The van der Waals surface area contributed by atoms with Gasteiger partial charge in [0.05, 0.1) is 13.2 Å². The van der Waals surface area contributed by atoms with Gasteiger partial charge in [0.25, 0.3) is 0 Å². The maximum atomic E-state index is 11.6. The van der Waals surface area contributed by atoms with Crippen LogP contribution in [0, 0.1) is 0 Å².